The molecule has 2 rings (SSSR count). The van der Waals surface area contributed by atoms with Crippen molar-refractivity contribution < 1.29 is 8.42 Å². The summed E-state index contributed by atoms with van der Waals surface area (Å²) >= 11 is 1.61. The Hall–Kier alpha value is -1.37. The number of rotatable bonds is 5. The van der Waals surface area contributed by atoms with Crippen molar-refractivity contribution in [3.63, 3.8) is 0 Å². The molecule has 0 saturated carbocycles. The molecule has 1 aromatic heterocycles. The Kier molecular flexibility index (Phi) is 4.70. The molecule has 0 aliphatic carbocycles. The highest BCUT2D eigenvalue weighted by Gasteiger charge is 2.21. The number of hydrogen-bond acceptors (Lipinski definition) is 4. The first kappa shape index (κ1) is 16.0. The van der Waals surface area contributed by atoms with Crippen LogP contribution in [0.4, 0.5) is 5.69 Å². The van der Waals surface area contributed by atoms with Crippen molar-refractivity contribution in [2.24, 2.45) is 0 Å². The van der Waals surface area contributed by atoms with E-state index in [4.69, 9.17) is 5.73 Å². The average molecular weight is 324 g/mol. The van der Waals surface area contributed by atoms with E-state index in [0.29, 0.717) is 29.1 Å². The summed E-state index contributed by atoms with van der Waals surface area (Å²) < 4.78 is 27.7. The van der Waals surface area contributed by atoms with Crippen LogP contribution in [0.25, 0.3) is 0 Å². The fourth-order valence-electron chi connectivity index (χ4n) is 2.43. The van der Waals surface area contributed by atoms with Crippen LogP contribution in [0.3, 0.4) is 0 Å². The molecule has 114 valence electrons. The third kappa shape index (κ3) is 3.45. The largest absolute Gasteiger partial charge is 0.398 e. The second kappa shape index (κ2) is 6.17. The maximum absolute atomic E-state index is 12.5. The molecule has 0 amide bonds. The van der Waals surface area contributed by atoms with Gasteiger partial charge in [0.1, 0.15) is 0 Å². The molecule has 0 bridgehead atoms. The van der Waals surface area contributed by atoms with Gasteiger partial charge in [-0.2, -0.15) is 11.3 Å². The minimum Gasteiger partial charge on any atom is -0.398 e. The predicted octanol–water partition coefficient (Wildman–Crippen LogP) is 2.78. The molecule has 1 aromatic carbocycles. The maximum Gasteiger partial charge on any atom is 0.241 e. The van der Waals surface area contributed by atoms with Crippen molar-refractivity contribution in [1.29, 1.82) is 0 Å². The van der Waals surface area contributed by atoms with Gasteiger partial charge < -0.3 is 5.73 Å². The molecular weight excluding hydrogens is 304 g/mol. The minimum atomic E-state index is -3.54. The summed E-state index contributed by atoms with van der Waals surface area (Å²) in [6.45, 7) is 5.82. The van der Waals surface area contributed by atoms with Crippen LogP contribution in [0.5, 0.6) is 0 Å². The van der Waals surface area contributed by atoms with Crippen LogP contribution in [0.2, 0.25) is 0 Å². The first-order valence-electron chi connectivity index (χ1n) is 6.70. The lowest BCUT2D eigenvalue weighted by Gasteiger charge is -2.15. The number of nitrogens with two attached hydrogens (primary N) is 1. The van der Waals surface area contributed by atoms with E-state index in [1.807, 2.05) is 29.8 Å². The molecule has 2 aromatic rings. The third-order valence-electron chi connectivity index (χ3n) is 3.52. The Labute approximate surface area is 130 Å². The first-order valence-corrected chi connectivity index (χ1v) is 9.12. The lowest BCUT2D eigenvalue weighted by Crippen LogP contribution is -2.27. The number of hydrogen-bond donors (Lipinski definition) is 2. The van der Waals surface area contributed by atoms with Gasteiger partial charge in [-0.3, -0.25) is 0 Å². The summed E-state index contributed by atoms with van der Waals surface area (Å²) in [5, 5.41) is 4.01. The summed E-state index contributed by atoms with van der Waals surface area (Å²) in [4.78, 5) is 0.302. The van der Waals surface area contributed by atoms with Gasteiger partial charge in [-0.15, -0.1) is 0 Å². The molecule has 0 saturated heterocycles. The number of benzene rings is 1. The predicted molar refractivity (Wildman–Crippen MR) is 88.3 cm³/mol. The molecule has 4 nitrogen and oxygen atoms in total. The topological polar surface area (TPSA) is 72.2 Å². The zero-order valence-corrected chi connectivity index (χ0v) is 14.1. The molecule has 0 atom stereocenters. The van der Waals surface area contributed by atoms with Gasteiger partial charge in [0.2, 0.25) is 10.0 Å². The Morgan fingerprint density at radius 1 is 1.24 bits per heavy atom. The number of nitrogens with one attached hydrogen (secondary N) is 1. The molecular formula is C15H20N2O2S2. The lowest BCUT2D eigenvalue weighted by molar-refractivity contribution is 0.580. The first-order chi connectivity index (χ1) is 9.83. The quantitative estimate of drug-likeness (QED) is 0.831. The van der Waals surface area contributed by atoms with Crippen LogP contribution in [0.15, 0.2) is 27.8 Å². The number of anilines is 1. The summed E-state index contributed by atoms with van der Waals surface area (Å²) in [6.07, 6.45) is 0.683. The van der Waals surface area contributed by atoms with E-state index in [0.717, 1.165) is 16.7 Å². The molecule has 1 heterocycles. The van der Waals surface area contributed by atoms with Crippen molar-refractivity contribution in [2.45, 2.75) is 32.1 Å². The fourth-order valence-corrected chi connectivity index (χ4v) is 4.65. The molecule has 3 N–H and O–H groups in total. The van der Waals surface area contributed by atoms with Gasteiger partial charge in [0.05, 0.1) is 4.90 Å². The van der Waals surface area contributed by atoms with E-state index in [9.17, 15) is 8.42 Å². The Balaban J connectivity index is 2.22. The van der Waals surface area contributed by atoms with Crippen LogP contribution in [-0.4, -0.2) is 15.0 Å². The number of sulfonamides is 1. The monoisotopic (exact) mass is 324 g/mol. The summed E-state index contributed by atoms with van der Waals surface area (Å²) in [7, 11) is -3.54. The van der Waals surface area contributed by atoms with E-state index in [-0.39, 0.29) is 0 Å². The number of thiophene rings is 1. The maximum atomic E-state index is 12.5. The van der Waals surface area contributed by atoms with Crippen molar-refractivity contribution in [3.8, 4) is 0 Å². The summed E-state index contributed by atoms with van der Waals surface area (Å²) in [5.74, 6) is 0. The van der Waals surface area contributed by atoms with Gasteiger partial charge in [-0.25, -0.2) is 13.1 Å². The van der Waals surface area contributed by atoms with Gasteiger partial charge in [0, 0.05) is 12.2 Å². The van der Waals surface area contributed by atoms with E-state index < -0.39 is 10.0 Å². The average Bonchev–Trinajstić information content (AvgIpc) is 2.88. The van der Waals surface area contributed by atoms with Crippen molar-refractivity contribution in [2.75, 3.05) is 12.3 Å². The SMILES string of the molecule is Cc1cc(C)c(S(=O)(=O)NCCc2ccsc2)c(C)c1N. The zero-order chi connectivity index (χ0) is 15.6. The van der Waals surface area contributed by atoms with E-state index in [1.54, 1.807) is 25.2 Å². The van der Waals surface area contributed by atoms with Crippen LogP contribution < -0.4 is 10.5 Å². The minimum absolute atomic E-state index is 0.302. The second-order valence-electron chi connectivity index (χ2n) is 5.16. The summed E-state index contributed by atoms with van der Waals surface area (Å²) in [5.41, 5.74) is 9.89. The number of nitrogen functional groups attached to an aromatic ring is 1. The van der Waals surface area contributed by atoms with E-state index in [2.05, 4.69) is 4.72 Å². The van der Waals surface area contributed by atoms with Crippen LogP contribution in [0.1, 0.15) is 22.3 Å². The molecule has 0 unspecified atom stereocenters. The molecule has 0 spiro atoms. The molecule has 6 heteroatoms. The highest BCUT2D eigenvalue weighted by Crippen LogP contribution is 2.27. The van der Waals surface area contributed by atoms with Crippen molar-refractivity contribution >= 4 is 27.0 Å². The van der Waals surface area contributed by atoms with E-state index >= 15 is 0 Å². The Bertz CT molecular complexity index is 736. The zero-order valence-electron chi connectivity index (χ0n) is 12.4. The standard InChI is InChI=1S/C15H20N2O2S2/c1-10-8-11(2)15(12(3)14(10)16)21(18,19)17-6-4-13-5-7-20-9-13/h5,7-9,17H,4,6,16H2,1-3H3. The van der Waals surface area contributed by atoms with Gasteiger partial charge >= 0.3 is 0 Å². The smallest absolute Gasteiger partial charge is 0.241 e. The molecule has 0 aliphatic rings. The molecule has 0 aliphatic heterocycles. The van der Waals surface area contributed by atoms with Crippen molar-refractivity contribution in [3.05, 3.63) is 45.1 Å². The highest BCUT2D eigenvalue weighted by molar-refractivity contribution is 7.89. The normalized spacial score (nSPS) is 11.8. The Morgan fingerprint density at radius 3 is 2.57 bits per heavy atom. The molecule has 0 radical (unpaired) electrons. The van der Waals surface area contributed by atoms with Gasteiger partial charge in [0.25, 0.3) is 0 Å². The summed E-state index contributed by atoms with van der Waals surface area (Å²) in [6, 6.07) is 3.81. The third-order valence-corrected chi connectivity index (χ3v) is 6.00. The fraction of sp³-hybridized carbons (Fsp3) is 0.333. The Morgan fingerprint density at radius 2 is 1.95 bits per heavy atom. The van der Waals surface area contributed by atoms with Crippen LogP contribution >= 0.6 is 11.3 Å². The van der Waals surface area contributed by atoms with Gasteiger partial charge in [-0.05, 0) is 66.3 Å². The molecule has 0 fully saturated rings. The van der Waals surface area contributed by atoms with Gasteiger partial charge in [0.15, 0.2) is 0 Å². The van der Waals surface area contributed by atoms with E-state index in [1.165, 1.54) is 0 Å². The van der Waals surface area contributed by atoms with Gasteiger partial charge in [-0.1, -0.05) is 6.07 Å². The van der Waals surface area contributed by atoms with Crippen LogP contribution in [-0.2, 0) is 16.4 Å². The molecule has 21 heavy (non-hydrogen) atoms. The van der Waals surface area contributed by atoms with Crippen molar-refractivity contribution in [1.82, 2.24) is 4.72 Å². The van der Waals surface area contributed by atoms with Crippen LogP contribution in [0, 0.1) is 20.8 Å². The highest BCUT2D eigenvalue weighted by atomic mass is 32.2. The second-order valence-corrected chi connectivity index (χ2v) is 7.64. The lowest BCUT2D eigenvalue weighted by atomic mass is 10.1. The number of aryl methyl sites for hydroxylation is 2.